The number of rotatable bonds is 16. The van der Waals surface area contributed by atoms with Crippen LogP contribution in [0.1, 0.15) is 107 Å². The van der Waals surface area contributed by atoms with Gasteiger partial charge >= 0.3 is 12.1 Å². The van der Waals surface area contributed by atoms with E-state index in [0.29, 0.717) is 86.1 Å². The number of carbonyl (C=O) groups excluding carboxylic acids is 3. The Kier molecular flexibility index (Phi) is 15.8. The first kappa shape index (κ1) is 57.5. The number of carbonyl (C=O) groups is 3. The predicted octanol–water partition coefficient (Wildman–Crippen LogP) is 8.53. The number of phenolic OH excluding ortho intramolecular Hbond substituents is 1. The number of nitrogens with zero attached hydrogens (tertiary/aromatic N) is 10. The average molecular weight is 1190 g/mol. The topological polar surface area (TPSA) is 228 Å². The Morgan fingerprint density at radius 1 is 0.942 bits per heavy atom. The van der Waals surface area contributed by atoms with Gasteiger partial charge in [-0.3, -0.25) is 19.5 Å². The van der Waals surface area contributed by atoms with Crippen LogP contribution >= 0.6 is 11.3 Å². The van der Waals surface area contributed by atoms with Gasteiger partial charge in [0, 0.05) is 88.2 Å². The minimum Gasteiger partial charge on any atom is -0.508 e. The maximum atomic E-state index is 17.4. The maximum Gasteiger partial charge on any atom is 0.409 e. The van der Waals surface area contributed by atoms with E-state index in [9.17, 15) is 24.6 Å². The number of aromatic nitrogens is 5. The molecule has 3 aromatic carbocycles. The second-order valence-corrected chi connectivity index (χ2v) is 25.7. The molecule has 13 rings (SSSR count). The SMILES string of the molecule is CCc1cccc2cc(O)cc(-c3ncc4c(N5CC6CCC(C5)N6)nc(OC[C@]56CCCN5[C@@H](COC(=O)N5CCN(c7cc([C@@H](C(=O)N8C[C@H](O)C[C@H]8C(=O)N[C@@H](C)c8ccc(-c9scnc9C)cc8)C(C)C)on7)CC5)CC6)nc4c3F)c12. The second-order valence-electron chi connectivity index (χ2n) is 24.8. The van der Waals surface area contributed by atoms with E-state index in [1.165, 1.54) is 4.90 Å². The number of anilines is 2. The monoisotopic (exact) mass is 1190 g/mol. The molecular formula is C64H75FN12O8S. The third-order valence-corrected chi connectivity index (χ3v) is 20.0. The number of pyridine rings is 1. The quantitative estimate of drug-likeness (QED) is 0.0711. The Balaban J connectivity index is 0.634. The number of nitrogens with one attached hydrogen (secondary N) is 2. The van der Waals surface area contributed by atoms with Gasteiger partial charge in [-0.1, -0.05) is 68.4 Å². The Labute approximate surface area is 503 Å². The summed E-state index contributed by atoms with van der Waals surface area (Å²) in [7, 11) is 0. The van der Waals surface area contributed by atoms with Crippen LogP contribution in [-0.2, 0) is 20.7 Å². The van der Waals surface area contributed by atoms with Gasteiger partial charge in [-0.05, 0) is 111 Å². The lowest BCUT2D eigenvalue weighted by Gasteiger charge is -2.36. The highest BCUT2D eigenvalue weighted by molar-refractivity contribution is 7.13. The van der Waals surface area contributed by atoms with Gasteiger partial charge in [-0.25, -0.2) is 14.2 Å². The number of amides is 3. The number of aromatic hydroxyl groups is 1. The van der Waals surface area contributed by atoms with Crippen LogP contribution < -0.4 is 25.2 Å². The Hall–Kier alpha value is -7.53. The molecule has 8 atom stereocenters. The minimum atomic E-state index is -0.865. The van der Waals surface area contributed by atoms with Crippen molar-refractivity contribution >= 4 is 62.6 Å². The van der Waals surface area contributed by atoms with Crippen molar-refractivity contribution in [2.75, 3.05) is 75.4 Å². The van der Waals surface area contributed by atoms with E-state index in [4.69, 9.17) is 28.9 Å². The first-order valence-corrected chi connectivity index (χ1v) is 31.4. The van der Waals surface area contributed by atoms with E-state index in [0.717, 1.165) is 83.1 Å². The van der Waals surface area contributed by atoms with Crippen LogP contribution in [0.15, 0.2) is 76.9 Å². The molecule has 4 aromatic heterocycles. The van der Waals surface area contributed by atoms with Gasteiger partial charge in [0.05, 0.1) is 39.2 Å². The van der Waals surface area contributed by atoms with Crippen LogP contribution in [0.4, 0.5) is 20.8 Å². The largest absolute Gasteiger partial charge is 0.508 e. The molecule has 6 fully saturated rings. The van der Waals surface area contributed by atoms with E-state index < -0.39 is 23.9 Å². The van der Waals surface area contributed by atoms with Gasteiger partial charge in [0.25, 0.3) is 0 Å². The molecule has 6 aliphatic rings. The zero-order valence-electron chi connectivity index (χ0n) is 49.4. The molecule has 2 unspecified atom stereocenters. The van der Waals surface area contributed by atoms with Crippen molar-refractivity contribution in [1.29, 1.82) is 0 Å². The summed E-state index contributed by atoms with van der Waals surface area (Å²) in [5.41, 5.74) is 6.16. The number of likely N-dealkylation sites (tertiary alicyclic amines) is 1. The fraction of sp³-hybridized carbons (Fsp3) is 0.500. The van der Waals surface area contributed by atoms with E-state index in [1.54, 1.807) is 40.6 Å². The smallest absolute Gasteiger partial charge is 0.409 e. The van der Waals surface area contributed by atoms with Crippen molar-refractivity contribution in [2.24, 2.45) is 5.92 Å². The number of piperazine rings is 2. The summed E-state index contributed by atoms with van der Waals surface area (Å²) < 4.78 is 36.0. The first-order chi connectivity index (χ1) is 41.6. The van der Waals surface area contributed by atoms with Crippen LogP contribution in [0, 0.1) is 18.7 Å². The third-order valence-electron chi connectivity index (χ3n) is 19.0. The van der Waals surface area contributed by atoms with Crippen LogP contribution in [0.25, 0.3) is 43.4 Å². The van der Waals surface area contributed by atoms with Gasteiger partial charge in [-0.2, -0.15) is 9.97 Å². The molecule has 0 spiro atoms. The lowest BCUT2D eigenvalue weighted by Crippen LogP contribution is -2.51. The number of hydrogen-bond acceptors (Lipinski definition) is 18. The van der Waals surface area contributed by atoms with E-state index in [-0.39, 0.29) is 90.6 Å². The Bertz CT molecular complexity index is 3680. The van der Waals surface area contributed by atoms with Gasteiger partial charge in [0.1, 0.15) is 48.0 Å². The standard InChI is InChI=1S/C64H75FN12O8S/c1-6-39-9-7-10-42-25-46(78)26-48(54(39)42)56-55(65)57-49(29-66-56)59(75-30-43-15-16-44(31-75)69-43)71-62(70-57)84-34-64-18-8-20-77(64)45(17-19-64)33-83-63(82)74-23-21-73(22-24-74)52-28-51(85-72-52)53(36(2)3)61(81)76-32-47(79)27-50(76)60(80)68-37(4)40-11-13-41(14-12-40)58-38(5)67-35-86-58/h7,9-14,25-26,28-29,35-37,43-45,47,50,53,69,78-79H,6,8,15-24,27,30-34H2,1-5H3,(H,68,80)/t37-,43?,44?,45+,47+,50-,53-,64+/m0/s1. The zero-order chi connectivity index (χ0) is 59.5. The van der Waals surface area contributed by atoms with Crippen molar-refractivity contribution in [3.05, 3.63) is 101 Å². The molecule has 2 bridgehead atoms. The third kappa shape index (κ3) is 10.9. The number of phenols is 1. The highest BCUT2D eigenvalue weighted by atomic mass is 32.1. The molecule has 4 N–H and O–H groups in total. The maximum absolute atomic E-state index is 17.4. The fourth-order valence-corrected chi connectivity index (χ4v) is 15.3. The minimum absolute atomic E-state index is 0.0169. The Morgan fingerprint density at radius 3 is 2.48 bits per heavy atom. The number of halogens is 1. The molecule has 452 valence electrons. The number of thiazole rings is 1. The van der Waals surface area contributed by atoms with Crippen LogP contribution in [-0.4, -0.2) is 169 Å². The molecule has 7 aromatic rings. The van der Waals surface area contributed by atoms with Crippen molar-refractivity contribution in [3.8, 4) is 33.5 Å². The number of benzene rings is 3. The molecule has 86 heavy (non-hydrogen) atoms. The van der Waals surface area contributed by atoms with Crippen molar-refractivity contribution in [1.82, 2.24) is 50.4 Å². The number of aryl methyl sites for hydroxylation is 2. The van der Waals surface area contributed by atoms with E-state index in [1.807, 2.05) is 80.6 Å². The molecule has 3 amide bonds. The summed E-state index contributed by atoms with van der Waals surface area (Å²) in [6.07, 6.45) is 6.84. The number of hydrogen-bond donors (Lipinski definition) is 4. The van der Waals surface area contributed by atoms with Crippen molar-refractivity contribution in [3.63, 3.8) is 0 Å². The van der Waals surface area contributed by atoms with E-state index >= 15 is 4.39 Å². The molecule has 10 heterocycles. The molecule has 22 heteroatoms. The van der Waals surface area contributed by atoms with Crippen LogP contribution in [0.5, 0.6) is 11.8 Å². The van der Waals surface area contributed by atoms with Gasteiger partial charge in [-0.15, -0.1) is 11.3 Å². The lowest BCUT2D eigenvalue weighted by atomic mass is 9.91. The predicted molar refractivity (Wildman–Crippen MR) is 325 cm³/mol. The molecule has 20 nitrogen and oxygen atoms in total. The molecule has 0 radical (unpaired) electrons. The molecule has 6 saturated heterocycles. The van der Waals surface area contributed by atoms with Crippen molar-refractivity contribution < 1.29 is 43.0 Å². The summed E-state index contributed by atoms with van der Waals surface area (Å²) in [6.45, 7) is 14.3. The molecule has 6 aliphatic heterocycles. The summed E-state index contributed by atoms with van der Waals surface area (Å²) in [6, 6.07) is 18.4. The normalized spacial score (nSPS) is 23.8. The fourth-order valence-electron chi connectivity index (χ4n) is 14.5. The number of ether oxygens (including phenoxy) is 2. The Morgan fingerprint density at radius 2 is 1.73 bits per heavy atom. The summed E-state index contributed by atoms with van der Waals surface area (Å²) in [5.74, 6) is -0.688. The van der Waals surface area contributed by atoms with Crippen LogP contribution in [0.3, 0.4) is 0 Å². The highest BCUT2D eigenvalue weighted by Crippen LogP contribution is 2.44. The number of aliphatic hydroxyl groups is 1. The van der Waals surface area contributed by atoms with Gasteiger partial charge < -0.3 is 54.4 Å². The van der Waals surface area contributed by atoms with Gasteiger partial charge in [0.15, 0.2) is 17.4 Å². The van der Waals surface area contributed by atoms with Crippen LogP contribution in [0.2, 0.25) is 0 Å². The summed E-state index contributed by atoms with van der Waals surface area (Å²) >= 11 is 1.58. The number of aliphatic hydroxyl groups excluding tert-OH is 1. The summed E-state index contributed by atoms with van der Waals surface area (Å²) in [4.78, 5) is 72.0. The second kappa shape index (κ2) is 23.6. The zero-order valence-corrected chi connectivity index (χ0v) is 50.2. The lowest BCUT2D eigenvalue weighted by molar-refractivity contribution is -0.141. The summed E-state index contributed by atoms with van der Waals surface area (Å²) in [5, 5.41) is 35.0. The van der Waals surface area contributed by atoms with E-state index in [2.05, 4.69) is 37.5 Å². The molecule has 0 saturated carbocycles. The van der Waals surface area contributed by atoms with Gasteiger partial charge in [0.2, 0.25) is 11.8 Å². The molecular weight excluding hydrogens is 1120 g/mol. The average Bonchev–Trinajstić information content (AvgIpc) is 1.63. The number of β-amino-alcohol motifs (C(OH)–C–C–N with tert-alkyl or cyclic N) is 1. The highest BCUT2D eigenvalue weighted by Gasteiger charge is 2.51. The number of fused-ring (bicyclic) bond motifs is 5. The first-order valence-electron chi connectivity index (χ1n) is 30.6. The van der Waals surface area contributed by atoms with Crippen molar-refractivity contribution in [2.45, 2.75) is 134 Å². The molecule has 0 aliphatic carbocycles.